The van der Waals surface area contributed by atoms with Crippen LogP contribution in [0.1, 0.15) is 23.2 Å². The van der Waals surface area contributed by atoms with Crippen molar-refractivity contribution in [3.8, 4) is 5.75 Å². The first-order valence-corrected chi connectivity index (χ1v) is 6.11. The number of likely N-dealkylation sites (tertiary alicyclic amines) is 1. The average molecular weight is 249 g/mol. The molecule has 0 unspecified atom stereocenters. The molecule has 0 saturated carbocycles. The van der Waals surface area contributed by atoms with E-state index < -0.39 is 0 Å². The molecule has 0 spiro atoms. The third-order valence-corrected chi connectivity index (χ3v) is 3.38. The summed E-state index contributed by atoms with van der Waals surface area (Å²) in [7, 11) is 1.60. The van der Waals surface area contributed by atoms with Gasteiger partial charge in [-0.1, -0.05) is 12.2 Å². The lowest BCUT2D eigenvalue weighted by atomic mass is 10.1. The van der Waals surface area contributed by atoms with Gasteiger partial charge >= 0.3 is 0 Å². The number of carbonyl (C=O) groups excluding carboxylic acids is 1. The number of methoxy groups -OCH3 is 1. The van der Waals surface area contributed by atoms with Crippen molar-refractivity contribution in [3.63, 3.8) is 0 Å². The highest BCUT2D eigenvalue weighted by molar-refractivity contribution is 7.82. The van der Waals surface area contributed by atoms with Gasteiger partial charge in [0, 0.05) is 18.7 Å². The van der Waals surface area contributed by atoms with Gasteiger partial charge in [0.1, 0.15) is 5.75 Å². The summed E-state index contributed by atoms with van der Waals surface area (Å²) in [5.74, 6) is 0.679. The molecular weight excluding hydrogens is 234 g/mol. The number of rotatable bonds is 3. The predicted molar refractivity (Wildman–Crippen MR) is 70.7 cm³/mol. The third-order valence-electron chi connectivity index (χ3n) is 2.94. The number of hydrogen-bond acceptors (Lipinski definition) is 3. The van der Waals surface area contributed by atoms with E-state index in [0.29, 0.717) is 10.6 Å². The number of ether oxygens (including phenoxy) is 1. The van der Waals surface area contributed by atoms with Crippen LogP contribution < -0.4 is 4.74 Å². The standard InChI is InChI=1S/C13H15NO2S/c1-16-11-6-4-10(5-7-11)12(15)13(17)14-8-2-3-9-14/h4-7H,2-3,8-9H2,1H3. The fourth-order valence-electron chi connectivity index (χ4n) is 1.93. The van der Waals surface area contributed by atoms with Crippen molar-refractivity contribution < 1.29 is 9.53 Å². The molecule has 1 heterocycles. The number of ketones is 1. The van der Waals surface area contributed by atoms with Crippen LogP contribution in [0, 0.1) is 0 Å². The topological polar surface area (TPSA) is 29.5 Å². The molecule has 0 amide bonds. The number of benzene rings is 1. The predicted octanol–water partition coefficient (Wildman–Crippen LogP) is 2.30. The van der Waals surface area contributed by atoms with Crippen LogP contribution in [0.25, 0.3) is 0 Å². The lowest BCUT2D eigenvalue weighted by Crippen LogP contribution is -2.32. The van der Waals surface area contributed by atoms with Gasteiger partial charge in [0.15, 0.2) is 4.99 Å². The molecule has 3 nitrogen and oxygen atoms in total. The Labute approximate surface area is 106 Å². The fourth-order valence-corrected chi connectivity index (χ4v) is 2.23. The molecule has 0 bridgehead atoms. The normalized spacial score (nSPS) is 14.8. The largest absolute Gasteiger partial charge is 0.497 e. The van der Waals surface area contributed by atoms with E-state index in [1.807, 2.05) is 4.90 Å². The van der Waals surface area contributed by atoms with E-state index in [0.717, 1.165) is 31.7 Å². The van der Waals surface area contributed by atoms with Crippen LogP contribution in [0.3, 0.4) is 0 Å². The fraction of sp³-hybridized carbons (Fsp3) is 0.385. The summed E-state index contributed by atoms with van der Waals surface area (Å²) in [6.45, 7) is 1.81. The molecule has 0 N–H and O–H groups in total. The first-order valence-electron chi connectivity index (χ1n) is 5.70. The Kier molecular flexibility index (Phi) is 3.74. The first kappa shape index (κ1) is 12.0. The van der Waals surface area contributed by atoms with Gasteiger partial charge in [-0.3, -0.25) is 4.79 Å². The SMILES string of the molecule is COc1ccc(C(=O)C(=S)N2CCCC2)cc1. The number of Topliss-reactive ketones (excluding diaryl/α,β-unsaturated/α-hetero) is 1. The summed E-state index contributed by atoms with van der Waals surface area (Å²) in [5.41, 5.74) is 0.628. The number of nitrogens with zero attached hydrogens (tertiary/aromatic N) is 1. The smallest absolute Gasteiger partial charge is 0.220 e. The van der Waals surface area contributed by atoms with Gasteiger partial charge in [0.2, 0.25) is 5.78 Å². The summed E-state index contributed by atoms with van der Waals surface area (Å²) in [6.07, 6.45) is 2.24. The van der Waals surface area contributed by atoms with Gasteiger partial charge < -0.3 is 9.64 Å². The molecule has 17 heavy (non-hydrogen) atoms. The minimum absolute atomic E-state index is 0.0652. The molecular formula is C13H15NO2S. The highest BCUT2D eigenvalue weighted by atomic mass is 32.1. The molecule has 1 aliphatic rings. The Hall–Kier alpha value is -1.42. The van der Waals surface area contributed by atoms with Crippen LogP contribution in [0.4, 0.5) is 0 Å². The van der Waals surface area contributed by atoms with E-state index in [1.165, 1.54) is 0 Å². The molecule has 2 rings (SSSR count). The number of thiocarbonyl (C=S) groups is 1. The Morgan fingerprint density at radius 2 is 1.82 bits per heavy atom. The highest BCUT2D eigenvalue weighted by Crippen LogP contribution is 2.15. The van der Waals surface area contributed by atoms with Crippen LogP contribution >= 0.6 is 12.2 Å². The summed E-state index contributed by atoms with van der Waals surface area (Å²) in [6, 6.07) is 7.06. The minimum atomic E-state index is -0.0652. The Morgan fingerprint density at radius 3 is 2.35 bits per heavy atom. The van der Waals surface area contributed by atoms with E-state index in [9.17, 15) is 4.79 Å². The summed E-state index contributed by atoms with van der Waals surface area (Å²) in [5, 5.41) is 0. The molecule has 1 aromatic carbocycles. The van der Waals surface area contributed by atoms with Crippen LogP contribution in [0.2, 0.25) is 0 Å². The number of hydrogen-bond donors (Lipinski definition) is 0. The quantitative estimate of drug-likeness (QED) is 0.607. The molecule has 0 radical (unpaired) electrons. The summed E-state index contributed by atoms with van der Waals surface area (Å²) < 4.78 is 5.05. The van der Waals surface area contributed by atoms with E-state index >= 15 is 0 Å². The molecule has 0 aromatic heterocycles. The zero-order chi connectivity index (χ0) is 12.3. The third kappa shape index (κ3) is 2.64. The van der Waals surface area contributed by atoms with Gasteiger partial charge in [0.25, 0.3) is 0 Å². The van der Waals surface area contributed by atoms with Gasteiger partial charge in [-0.05, 0) is 37.1 Å². The zero-order valence-corrected chi connectivity index (χ0v) is 10.6. The van der Waals surface area contributed by atoms with E-state index in [2.05, 4.69) is 0 Å². The molecule has 4 heteroatoms. The second kappa shape index (κ2) is 5.27. The maximum absolute atomic E-state index is 12.1. The van der Waals surface area contributed by atoms with Crippen LogP contribution in [-0.2, 0) is 0 Å². The van der Waals surface area contributed by atoms with Crippen molar-refractivity contribution in [2.75, 3.05) is 20.2 Å². The van der Waals surface area contributed by atoms with Gasteiger partial charge in [0.05, 0.1) is 7.11 Å². The van der Waals surface area contributed by atoms with Gasteiger partial charge in [-0.15, -0.1) is 0 Å². The van der Waals surface area contributed by atoms with Gasteiger partial charge in [-0.2, -0.15) is 0 Å². The second-order valence-corrected chi connectivity index (χ2v) is 4.44. The van der Waals surface area contributed by atoms with Crippen molar-refractivity contribution >= 4 is 23.0 Å². The molecule has 0 atom stereocenters. The van der Waals surface area contributed by atoms with E-state index in [1.54, 1.807) is 31.4 Å². The zero-order valence-electron chi connectivity index (χ0n) is 9.81. The highest BCUT2D eigenvalue weighted by Gasteiger charge is 2.21. The van der Waals surface area contributed by atoms with Crippen LogP contribution in [-0.4, -0.2) is 35.9 Å². The molecule has 1 fully saturated rings. The average Bonchev–Trinajstić information content (AvgIpc) is 2.91. The Balaban J connectivity index is 2.10. The van der Waals surface area contributed by atoms with Gasteiger partial charge in [-0.25, -0.2) is 0 Å². The van der Waals surface area contributed by atoms with Crippen molar-refractivity contribution in [3.05, 3.63) is 29.8 Å². The van der Waals surface area contributed by atoms with Crippen molar-refractivity contribution in [2.24, 2.45) is 0 Å². The minimum Gasteiger partial charge on any atom is -0.497 e. The Bertz CT molecular complexity index is 422. The summed E-state index contributed by atoms with van der Waals surface area (Å²) in [4.78, 5) is 14.5. The van der Waals surface area contributed by atoms with Crippen LogP contribution in [0.15, 0.2) is 24.3 Å². The molecule has 1 aromatic rings. The molecule has 0 aliphatic carbocycles. The maximum Gasteiger partial charge on any atom is 0.220 e. The first-order chi connectivity index (χ1) is 8.22. The Morgan fingerprint density at radius 1 is 1.24 bits per heavy atom. The monoisotopic (exact) mass is 249 g/mol. The number of carbonyl (C=O) groups is 1. The second-order valence-electron chi connectivity index (χ2n) is 4.06. The molecule has 1 saturated heterocycles. The maximum atomic E-state index is 12.1. The lowest BCUT2D eigenvalue weighted by molar-refractivity contribution is 0.105. The van der Waals surface area contributed by atoms with E-state index in [-0.39, 0.29) is 5.78 Å². The van der Waals surface area contributed by atoms with Crippen LogP contribution in [0.5, 0.6) is 5.75 Å². The summed E-state index contributed by atoms with van der Waals surface area (Å²) >= 11 is 5.22. The van der Waals surface area contributed by atoms with E-state index in [4.69, 9.17) is 17.0 Å². The molecule has 90 valence electrons. The van der Waals surface area contributed by atoms with Crippen molar-refractivity contribution in [1.29, 1.82) is 0 Å². The van der Waals surface area contributed by atoms with Crippen molar-refractivity contribution in [1.82, 2.24) is 4.90 Å². The van der Waals surface area contributed by atoms with Crippen molar-refractivity contribution in [2.45, 2.75) is 12.8 Å². The molecule has 1 aliphatic heterocycles. The lowest BCUT2D eigenvalue weighted by Gasteiger charge is -2.17.